The first kappa shape index (κ1) is 20.5. The summed E-state index contributed by atoms with van der Waals surface area (Å²) < 4.78 is 28.5. The Bertz CT molecular complexity index is 1220. The van der Waals surface area contributed by atoms with Crippen molar-refractivity contribution in [3.8, 4) is 0 Å². The molecular formula is C20H26N6O3S. The maximum Gasteiger partial charge on any atom is 0.263 e. The summed E-state index contributed by atoms with van der Waals surface area (Å²) >= 11 is 0. The van der Waals surface area contributed by atoms with Gasteiger partial charge in [-0.1, -0.05) is 12.1 Å². The molecule has 1 aromatic carbocycles. The number of aromatic nitrogens is 4. The van der Waals surface area contributed by atoms with E-state index in [1.807, 2.05) is 20.8 Å². The molecule has 2 N–H and O–H groups in total. The van der Waals surface area contributed by atoms with E-state index in [4.69, 9.17) is 0 Å². The van der Waals surface area contributed by atoms with E-state index in [0.29, 0.717) is 41.5 Å². The van der Waals surface area contributed by atoms with Crippen molar-refractivity contribution in [3.63, 3.8) is 0 Å². The van der Waals surface area contributed by atoms with Gasteiger partial charge in [-0.2, -0.15) is 14.4 Å². The van der Waals surface area contributed by atoms with Crippen LogP contribution in [-0.2, 0) is 22.1 Å². The molecule has 1 saturated heterocycles. The topological polar surface area (TPSA) is 113 Å². The molecule has 0 amide bonds. The molecule has 30 heavy (non-hydrogen) atoms. The Balaban J connectivity index is 1.52. The Labute approximate surface area is 175 Å². The molecule has 9 nitrogen and oxygen atoms in total. The fourth-order valence-corrected chi connectivity index (χ4v) is 5.05. The molecule has 160 valence electrons. The summed E-state index contributed by atoms with van der Waals surface area (Å²) in [6.07, 6.45) is 3.34. The zero-order valence-electron chi connectivity index (χ0n) is 17.3. The maximum absolute atomic E-state index is 12.6. The summed E-state index contributed by atoms with van der Waals surface area (Å²) in [4.78, 5) is 19.9. The van der Waals surface area contributed by atoms with Gasteiger partial charge in [-0.25, -0.2) is 13.1 Å². The van der Waals surface area contributed by atoms with Crippen LogP contribution in [0.3, 0.4) is 0 Å². The van der Waals surface area contributed by atoms with Gasteiger partial charge < -0.3 is 5.32 Å². The van der Waals surface area contributed by atoms with Crippen LogP contribution < -0.4 is 10.9 Å². The van der Waals surface area contributed by atoms with Crippen molar-refractivity contribution in [2.75, 3.05) is 18.4 Å². The van der Waals surface area contributed by atoms with Gasteiger partial charge in [0.15, 0.2) is 5.65 Å². The highest BCUT2D eigenvalue weighted by Gasteiger charge is 2.27. The van der Waals surface area contributed by atoms with Gasteiger partial charge in [-0.05, 0) is 51.3 Å². The molecule has 0 spiro atoms. The first-order valence-corrected chi connectivity index (χ1v) is 11.4. The van der Waals surface area contributed by atoms with E-state index in [2.05, 4.69) is 20.4 Å². The minimum atomic E-state index is -3.42. The Morgan fingerprint density at radius 2 is 1.80 bits per heavy atom. The predicted molar refractivity (Wildman–Crippen MR) is 115 cm³/mol. The summed E-state index contributed by atoms with van der Waals surface area (Å²) in [7, 11) is -3.42. The van der Waals surface area contributed by atoms with Gasteiger partial charge in [-0.3, -0.25) is 9.78 Å². The lowest BCUT2D eigenvalue weighted by molar-refractivity contribution is 0.366. The van der Waals surface area contributed by atoms with Crippen LogP contribution in [0.5, 0.6) is 0 Å². The number of aromatic amines is 1. The molecule has 0 atom stereocenters. The largest absolute Gasteiger partial charge is 0.352 e. The molecule has 1 fully saturated rings. The van der Waals surface area contributed by atoms with Crippen LogP contribution in [0, 0.1) is 0 Å². The first-order valence-electron chi connectivity index (χ1n) is 9.98. The molecule has 2 aromatic heterocycles. The number of sulfonamides is 1. The monoisotopic (exact) mass is 430 g/mol. The third-order valence-corrected chi connectivity index (χ3v) is 7.07. The van der Waals surface area contributed by atoms with Gasteiger partial charge in [0.05, 0.1) is 16.6 Å². The van der Waals surface area contributed by atoms with E-state index in [-0.39, 0.29) is 11.1 Å². The van der Waals surface area contributed by atoms with Gasteiger partial charge in [0.25, 0.3) is 5.56 Å². The van der Waals surface area contributed by atoms with E-state index in [1.54, 1.807) is 28.9 Å². The quantitative estimate of drug-likeness (QED) is 0.642. The van der Waals surface area contributed by atoms with Crippen LogP contribution in [0.2, 0.25) is 0 Å². The molecule has 4 rings (SSSR count). The lowest BCUT2D eigenvalue weighted by atomic mass is 10.1. The second-order valence-corrected chi connectivity index (χ2v) is 10.4. The molecule has 1 aliphatic rings. The van der Waals surface area contributed by atoms with E-state index in [1.165, 1.54) is 10.5 Å². The highest BCUT2D eigenvalue weighted by Crippen LogP contribution is 2.22. The van der Waals surface area contributed by atoms with Crippen LogP contribution in [-0.4, -0.2) is 45.6 Å². The van der Waals surface area contributed by atoms with Crippen molar-refractivity contribution >= 4 is 27.0 Å². The van der Waals surface area contributed by atoms with Crippen molar-refractivity contribution < 1.29 is 8.42 Å². The standard InChI is InChI=1S/C20H26N6O3S/c1-20(2,3)26-17-16(13-22-26)18(27)24-19(23-17)21-12-14-6-8-15(9-7-14)30(28,29)25-10-4-5-11-25/h6-9,13H,4-5,10-12H2,1-3H3,(H2,21,23,24,27). The molecule has 0 aliphatic carbocycles. The van der Waals surface area contributed by atoms with Gasteiger partial charge in [-0.15, -0.1) is 0 Å². The van der Waals surface area contributed by atoms with Crippen molar-refractivity contribution in [1.29, 1.82) is 0 Å². The number of hydrogen-bond donors (Lipinski definition) is 2. The smallest absolute Gasteiger partial charge is 0.263 e. The molecule has 0 radical (unpaired) electrons. The molecule has 0 saturated carbocycles. The Morgan fingerprint density at radius 1 is 1.13 bits per heavy atom. The first-order chi connectivity index (χ1) is 14.2. The average Bonchev–Trinajstić information content (AvgIpc) is 3.36. The number of rotatable bonds is 5. The van der Waals surface area contributed by atoms with Crippen LogP contribution in [0.25, 0.3) is 11.0 Å². The van der Waals surface area contributed by atoms with E-state index in [9.17, 15) is 13.2 Å². The fraction of sp³-hybridized carbons (Fsp3) is 0.450. The molecule has 1 aliphatic heterocycles. The normalized spacial score (nSPS) is 15.7. The zero-order chi connectivity index (χ0) is 21.5. The lowest BCUT2D eigenvalue weighted by Gasteiger charge is -2.19. The van der Waals surface area contributed by atoms with Crippen molar-refractivity contribution in [3.05, 3.63) is 46.4 Å². The number of fused-ring (bicyclic) bond motifs is 1. The van der Waals surface area contributed by atoms with E-state index < -0.39 is 10.0 Å². The Hall–Kier alpha value is -2.72. The van der Waals surface area contributed by atoms with Crippen LogP contribution >= 0.6 is 0 Å². The molecule has 0 bridgehead atoms. The number of nitrogens with zero attached hydrogens (tertiary/aromatic N) is 4. The summed E-state index contributed by atoms with van der Waals surface area (Å²) in [5, 5.41) is 7.84. The van der Waals surface area contributed by atoms with Gasteiger partial charge >= 0.3 is 0 Å². The molecule has 0 unspecified atom stereocenters. The summed E-state index contributed by atoms with van der Waals surface area (Å²) in [5.41, 5.74) is 0.824. The summed E-state index contributed by atoms with van der Waals surface area (Å²) in [6.45, 7) is 7.53. The van der Waals surface area contributed by atoms with Gasteiger partial charge in [0.1, 0.15) is 5.39 Å². The highest BCUT2D eigenvalue weighted by molar-refractivity contribution is 7.89. The van der Waals surface area contributed by atoms with Gasteiger partial charge in [0.2, 0.25) is 16.0 Å². The van der Waals surface area contributed by atoms with Crippen LogP contribution in [0.1, 0.15) is 39.2 Å². The summed E-state index contributed by atoms with van der Waals surface area (Å²) in [6, 6.07) is 6.79. The Kier molecular flexibility index (Phi) is 5.15. The predicted octanol–water partition coefficient (Wildman–Crippen LogP) is 2.27. The second kappa shape index (κ2) is 7.51. The van der Waals surface area contributed by atoms with Crippen molar-refractivity contribution in [1.82, 2.24) is 24.1 Å². The number of anilines is 1. The number of hydrogen-bond acceptors (Lipinski definition) is 6. The zero-order valence-corrected chi connectivity index (χ0v) is 18.2. The summed E-state index contributed by atoms with van der Waals surface area (Å²) in [5.74, 6) is 0.340. The average molecular weight is 431 g/mol. The van der Waals surface area contributed by atoms with Crippen LogP contribution in [0.15, 0.2) is 40.2 Å². The number of benzene rings is 1. The lowest BCUT2D eigenvalue weighted by Crippen LogP contribution is -2.27. The third-order valence-electron chi connectivity index (χ3n) is 5.16. The fourth-order valence-electron chi connectivity index (χ4n) is 3.54. The third kappa shape index (κ3) is 3.84. The Morgan fingerprint density at radius 3 is 2.43 bits per heavy atom. The SMILES string of the molecule is CC(C)(C)n1ncc2c(=O)[nH]c(NCc3ccc(S(=O)(=O)N4CCCC4)cc3)nc21. The van der Waals surface area contributed by atoms with Crippen LogP contribution in [0.4, 0.5) is 5.95 Å². The molecule has 10 heteroatoms. The minimum Gasteiger partial charge on any atom is -0.352 e. The van der Waals surface area contributed by atoms with Gasteiger partial charge in [0, 0.05) is 19.6 Å². The molecule has 3 aromatic rings. The molecule has 3 heterocycles. The van der Waals surface area contributed by atoms with E-state index in [0.717, 1.165) is 18.4 Å². The van der Waals surface area contributed by atoms with Crippen molar-refractivity contribution in [2.24, 2.45) is 0 Å². The van der Waals surface area contributed by atoms with E-state index >= 15 is 0 Å². The minimum absolute atomic E-state index is 0.259. The molecular weight excluding hydrogens is 404 g/mol. The second-order valence-electron chi connectivity index (χ2n) is 8.49. The maximum atomic E-state index is 12.6. The highest BCUT2D eigenvalue weighted by atomic mass is 32.2. The van der Waals surface area contributed by atoms with Crippen molar-refractivity contribution in [2.45, 2.75) is 50.6 Å². The number of nitrogens with one attached hydrogen (secondary N) is 2. The number of H-pyrrole nitrogens is 1.